The van der Waals surface area contributed by atoms with Crippen LogP contribution in [0, 0.1) is 11.8 Å². The molecule has 4 rings (SSSR count). The van der Waals surface area contributed by atoms with Gasteiger partial charge in [-0.05, 0) is 53.4 Å². The van der Waals surface area contributed by atoms with E-state index in [4.69, 9.17) is 0 Å². The number of nitrogens with one attached hydrogen (secondary N) is 1. The molecule has 0 amide bonds. The van der Waals surface area contributed by atoms with E-state index in [1.807, 2.05) is 0 Å². The van der Waals surface area contributed by atoms with Gasteiger partial charge in [0.15, 0.2) is 0 Å². The molecule has 4 unspecified atom stereocenters. The molecule has 0 radical (unpaired) electrons. The van der Waals surface area contributed by atoms with Crippen LogP contribution in [0.4, 0.5) is 14.6 Å². The second kappa shape index (κ2) is 4.68. The molecule has 2 heterocycles. The minimum absolute atomic E-state index is 0.439. The summed E-state index contributed by atoms with van der Waals surface area (Å²) in [6, 6.07) is -0.783. The predicted octanol–water partition coefficient (Wildman–Crippen LogP) is 4.17. The first-order chi connectivity index (χ1) is 9.65. The Hall–Kier alpha value is -0.650. The fraction of sp³-hybridized carbons (Fsp3) is 0.786. The van der Waals surface area contributed by atoms with Crippen LogP contribution in [0.25, 0.3) is 0 Å². The molecule has 110 valence electrons. The molecule has 2 fully saturated rings. The van der Waals surface area contributed by atoms with Gasteiger partial charge in [0.25, 0.3) is 6.43 Å². The van der Waals surface area contributed by atoms with Gasteiger partial charge in [-0.15, -0.1) is 0 Å². The molecule has 0 aromatic carbocycles. The summed E-state index contributed by atoms with van der Waals surface area (Å²) in [6.07, 6.45) is 3.18. The van der Waals surface area contributed by atoms with Gasteiger partial charge in [0.05, 0.1) is 10.2 Å². The van der Waals surface area contributed by atoms with Crippen LogP contribution in [0.3, 0.4) is 0 Å². The van der Waals surface area contributed by atoms with Crippen molar-refractivity contribution in [2.24, 2.45) is 11.8 Å². The first kappa shape index (κ1) is 13.0. The molecule has 0 saturated heterocycles. The first-order valence-corrected chi connectivity index (χ1v) is 8.24. The Morgan fingerprint density at radius 2 is 2.10 bits per heavy atom. The minimum Gasteiger partial charge on any atom is -0.369 e. The van der Waals surface area contributed by atoms with E-state index in [1.165, 1.54) is 30.4 Å². The molecular formula is C14H18BrF2N3. The highest BCUT2D eigenvalue weighted by molar-refractivity contribution is 9.10. The van der Waals surface area contributed by atoms with Crippen molar-refractivity contribution in [1.29, 1.82) is 0 Å². The Kier molecular flexibility index (Phi) is 3.05. The molecule has 1 aromatic rings. The topological polar surface area (TPSA) is 29.9 Å². The number of nitrogens with zero attached hydrogens (tertiary/aromatic N) is 2. The van der Waals surface area contributed by atoms with Crippen LogP contribution in [0.2, 0.25) is 0 Å². The summed E-state index contributed by atoms with van der Waals surface area (Å²) in [5, 5.41) is 7.80. The highest BCUT2D eigenvalue weighted by atomic mass is 79.9. The molecule has 4 atom stereocenters. The number of alkyl halides is 2. The maximum atomic E-state index is 13.2. The van der Waals surface area contributed by atoms with E-state index in [9.17, 15) is 8.78 Å². The van der Waals surface area contributed by atoms with Gasteiger partial charge in [-0.1, -0.05) is 6.42 Å². The summed E-state index contributed by atoms with van der Waals surface area (Å²) in [5.74, 6) is 2.74. The smallest absolute Gasteiger partial charge is 0.260 e. The number of hydrogen-bond acceptors (Lipinski definition) is 2. The zero-order chi connectivity index (χ0) is 13.9. The summed E-state index contributed by atoms with van der Waals surface area (Å²) in [4.78, 5) is 0. The van der Waals surface area contributed by atoms with Gasteiger partial charge in [0, 0.05) is 12.5 Å². The summed E-state index contributed by atoms with van der Waals surface area (Å²) in [5.41, 5.74) is 1.01. The number of rotatable bonds is 2. The van der Waals surface area contributed by atoms with Crippen molar-refractivity contribution in [3.63, 3.8) is 0 Å². The van der Waals surface area contributed by atoms with Gasteiger partial charge in [-0.25, -0.2) is 13.5 Å². The van der Waals surface area contributed by atoms with E-state index >= 15 is 0 Å². The zero-order valence-electron chi connectivity index (χ0n) is 11.2. The third kappa shape index (κ3) is 1.83. The van der Waals surface area contributed by atoms with Crippen LogP contribution in [0.1, 0.15) is 49.8 Å². The summed E-state index contributed by atoms with van der Waals surface area (Å²) >= 11 is 3.60. The molecule has 6 heteroatoms. The molecule has 3 nitrogen and oxygen atoms in total. The van der Waals surface area contributed by atoms with Crippen molar-refractivity contribution >= 4 is 21.7 Å². The SMILES string of the molecule is FC(F)C1CCNc2c(Br)c(C3CC4CCC3C4)nn21. The van der Waals surface area contributed by atoms with Gasteiger partial charge >= 0.3 is 0 Å². The van der Waals surface area contributed by atoms with Crippen LogP contribution in [-0.4, -0.2) is 22.8 Å². The van der Waals surface area contributed by atoms with Crippen molar-refractivity contribution in [3.05, 3.63) is 10.2 Å². The first-order valence-electron chi connectivity index (χ1n) is 7.45. The van der Waals surface area contributed by atoms with E-state index < -0.39 is 12.5 Å². The molecule has 20 heavy (non-hydrogen) atoms. The third-order valence-electron chi connectivity index (χ3n) is 5.30. The molecule has 1 aromatic heterocycles. The highest BCUT2D eigenvalue weighted by Crippen LogP contribution is 2.54. The normalized spacial score (nSPS) is 35.4. The molecule has 2 bridgehead atoms. The average molecular weight is 346 g/mol. The predicted molar refractivity (Wildman–Crippen MR) is 76.3 cm³/mol. The molecule has 1 aliphatic heterocycles. The van der Waals surface area contributed by atoms with Gasteiger partial charge in [-0.2, -0.15) is 5.10 Å². The van der Waals surface area contributed by atoms with Gasteiger partial charge in [0.1, 0.15) is 11.9 Å². The average Bonchev–Trinajstić information content (AvgIpc) is 3.12. The largest absolute Gasteiger partial charge is 0.369 e. The quantitative estimate of drug-likeness (QED) is 0.871. The van der Waals surface area contributed by atoms with Gasteiger partial charge < -0.3 is 5.32 Å². The summed E-state index contributed by atoms with van der Waals surface area (Å²) in [6.45, 7) is 0.593. The maximum Gasteiger partial charge on any atom is 0.260 e. The van der Waals surface area contributed by atoms with Crippen molar-refractivity contribution in [1.82, 2.24) is 9.78 Å². The lowest BCUT2D eigenvalue weighted by Gasteiger charge is -2.25. The van der Waals surface area contributed by atoms with Gasteiger partial charge in [0.2, 0.25) is 0 Å². The van der Waals surface area contributed by atoms with Gasteiger partial charge in [-0.3, -0.25) is 0 Å². The molecule has 2 saturated carbocycles. The Morgan fingerprint density at radius 3 is 2.75 bits per heavy atom. The Balaban J connectivity index is 1.72. The lowest BCUT2D eigenvalue weighted by atomic mass is 9.86. The Bertz CT molecular complexity index is 531. The molecule has 1 N–H and O–H groups in total. The lowest BCUT2D eigenvalue weighted by Crippen LogP contribution is -2.28. The van der Waals surface area contributed by atoms with E-state index in [0.29, 0.717) is 24.8 Å². The molecule has 2 aliphatic carbocycles. The molecule has 0 spiro atoms. The Morgan fingerprint density at radius 1 is 1.25 bits per heavy atom. The molecular weight excluding hydrogens is 328 g/mol. The van der Waals surface area contributed by atoms with Crippen molar-refractivity contribution in [3.8, 4) is 0 Å². The molecule has 3 aliphatic rings. The standard InChI is InChI=1S/C14H18BrF2N3/c15-11-12(9-6-7-1-2-8(9)5-7)19-20-10(13(16)17)3-4-18-14(11)20/h7-10,13,18H,1-6H2. The van der Waals surface area contributed by atoms with Crippen molar-refractivity contribution in [2.75, 3.05) is 11.9 Å². The van der Waals surface area contributed by atoms with E-state index in [-0.39, 0.29) is 0 Å². The van der Waals surface area contributed by atoms with E-state index in [2.05, 4.69) is 26.3 Å². The highest BCUT2D eigenvalue weighted by Gasteiger charge is 2.43. The minimum atomic E-state index is -2.35. The lowest BCUT2D eigenvalue weighted by molar-refractivity contribution is 0.0711. The number of aromatic nitrogens is 2. The fourth-order valence-corrected chi connectivity index (χ4v) is 5.04. The van der Waals surface area contributed by atoms with Crippen LogP contribution in [-0.2, 0) is 0 Å². The monoisotopic (exact) mass is 345 g/mol. The summed E-state index contributed by atoms with van der Waals surface area (Å²) < 4.78 is 28.8. The zero-order valence-corrected chi connectivity index (χ0v) is 12.7. The number of halogens is 3. The number of anilines is 1. The second-order valence-electron chi connectivity index (χ2n) is 6.39. The Labute approximate surface area is 125 Å². The fourth-order valence-electron chi connectivity index (χ4n) is 4.34. The van der Waals surface area contributed by atoms with Crippen LogP contribution in [0.5, 0.6) is 0 Å². The summed E-state index contributed by atoms with van der Waals surface area (Å²) in [7, 11) is 0. The van der Waals surface area contributed by atoms with Crippen LogP contribution >= 0.6 is 15.9 Å². The van der Waals surface area contributed by atoms with Crippen LogP contribution < -0.4 is 5.32 Å². The third-order valence-corrected chi connectivity index (χ3v) is 6.09. The number of hydrogen-bond donors (Lipinski definition) is 1. The van der Waals surface area contributed by atoms with Crippen molar-refractivity contribution in [2.45, 2.75) is 50.5 Å². The van der Waals surface area contributed by atoms with Crippen LogP contribution in [0.15, 0.2) is 4.47 Å². The number of fused-ring (bicyclic) bond motifs is 3. The maximum absolute atomic E-state index is 13.2. The second-order valence-corrected chi connectivity index (χ2v) is 7.18. The van der Waals surface area contributed by atoms with E-state index in [0.717, 1.165) is 21.9 Å². The van der Waals surface area contributed by atoms with E-state index in [1.54, 1.807) is 0 Å². The van der Waals surface area contributed by atoms with Crippen molar-refractivity contribution < 1.29 is 8.78 Å².